The fraction of sp³-hybridized carbons (Fsp3) is 0.393. The maximum absolute atomic E-state index is 14.9. The van der Waals surface area contributed by atoms with Crippen molar-refractivity contribution in [3.63, 3.8) is 0 Å². The third-order valence-electron chi connectivity index (χ3n) is 7.61. The van der Waals surface area contributed by atoms with Crippen LogP contribution >= 0.6 is 0 Å². The van der Waals surface area contributed by atoms with Crippen LogP contribution in [0.3, 0.4) is 0 Å². The number of benzene rings is 1. The number of ketones is 1. The number of aromatic nitrogens is 2. The zero-order chi connectivity index (χ0) is 25.4. The Bertz CT molecular complexity index is 1260. The number of aryl methyl sites for hydroxylation is 1. The Hall–Kier alpha value is -3.06. The summed E-state index contributed by atoms with van der Waals surface area (Å²) in [6, 6.07) is 5.41. The summed E-state index contributed by atoms with van der Waals surface area (Å²) in [5.41, 5.74) is 7.63. The lowest BCUT2D eigenvalue weighted by atomic mass is 9.70. The van der Waals surface area contributed by atoms with Crippen molar-refractivity contribution >= 4 is 5.78 Å². The summed E-state index contributed by atoms with van der Waals surface area (Å²) in [6.45, 7) is 7.42. The van der Waals surface area contributed by atoms with Crippen LogP contribution in [0.25, 0.3) is 11.3 Å². The van der Waals surface area contributed by atoms with Gasteiger partial charge in [-0.25, -0.2) is 18.2 Å². The van der Waals surface area contributed by atoms with Crippen LogP contribution < -0.4 is 5.73 Å². The Balaban J connectivity index is 1.66. The van der Waals surface area contributed by atoms with E-state index in [-0.39, 0.29) is 35.4 Å². The molecule has 1 saturated carbocycles. The largest absolute Gasteiger partial charge is 0.327 e. The Morgan fingerprint density at radius 3 is 2.54 bits per heavy atom. The Labute approximate surface area is 203 Å². The monoisotopic (exact) mass is 481 g/mol. The molecule has 1 aliphatic rings. The second-order valence-corrected chi connectivity index (χ2v) is 9.86. The zero-order valence-corrected chi connectivity index (χ0v) is 20.4. The lowest BCUT2D eigenvalue weighted by molar-refractivity contribution is 0.0987. The average molecular weight is 482 g/mol. The van der Waals surface area contributed by atoms with Gasteiger partial charge in [0.15, 0.2) is 5.78 Å². The van der Waals surface area contributed by atoms with E-state index in [1.165, 1.54) is 13.0 Å². The second kappa shape index (κ2) is 9.90. The molecule has 0 bridgehead atoms. The number of rotatable bonds is 5. The molecule has 35 heavy (non-hydrogen) atoms. The Morgan fingerprint density at radius 1 is 1.09 bits per heavy atom. The third-order valence-corrected chi connectivity index (χ3v) is 7.61. The normalized spacial score (nSPS) is 22.3. The molecule has 1 aromatic carbocycles. The van der Waals surface area contributed by atoms with Crippen LogP contribution in [-0.2, 0) is 6.42 Å². The van der Waals surface area contributed by atoms with Crippen molar-refractivity contribution in [2.24, 2.45) is 17.6 Å². The van der Waals surface area contributed by atoms with Crippen molar-refractivity contribution in [2.75, 3.05) is 0 Å². The lowest BCUT2D eigenvalue weighted by Crippen LogP contribution is -2.39. The highest BCUT2D eigenvalue weighted by atomic mass is 19.1. The van der Waals surface area contributed by atoms with E-state index in [4.69, 9.17) is 5.73 Å². The molecule has 7 heteroatoms. The molecule has 2 aromatic heterocycles. The van der Waals surface area contributed by atoms with E-state index in [1.807, 2.05) is 6.07 Å². The Kier molecular flexibility index (Phi) is 7.08. The van der Waals surface area contributed by atoms with Gasteiger partial charge in [-0.15, -0.1) is 0 Å². The smallest absolute Gasteiger partial charge is 0.185 e. The first-order chi connectivity index (χ1) is 16.6. The fourth-order valence-corrected chi connectivity index (χ4v) is 5.05. The van der Waals surface area contributed by atoms with Gasteiger partial charge < -0.3 is 5.73 Å². The highest BCUT2D eigenvalue weighted by Gasteiger charge is 2.32. The Morgan fingerprint density at radius 2 is 1.83 bits per heavy atom. The van der Waals surface area contributed by atoms with Crippen LogP contribution in [-0.4, -0.2) is 21.8 Å². The number of carbonyl (C=O) groups is 1. The first-order valence-electron chi connectivity index (χ1n) is 11.9. The van der Waals surface area contributed by atoms with E-state index in [2.05, 4.69) is 23.8 Å². The predicted molar refractivity (Wildman–Crippen MR) is 130 cm³/mol. The number of pyridine rings is 2. The van der Waals surface area contributed by atoms with E-state index in [0.29, 0.717) is 17.4 Å². The quantitative estimate of drug-likeness (QED) is 0.449. The summed E-state index contributed by atoms with van der Waals surface area (Å²) >= 11 is 0. The molecule has 4 nitrogen and oxygen atoms in total. The van der Waals surface area contributed by atoms with Gasteiger partial charge in [0.25, 0.3) is 0 Å². The molecule has 0 aliphatic heterocycles. The van der Waals surface area contributed by atoms with Gasteiger partial charge in [-0.3, -0.25) is 9.78 Å². The minimum absolute atomic E-state index is 0.00515. The average Bonchev–Trinajstić information content (AvgIpc) is 2.82. The SMILES string of the molecule is Cc1cc(F)c(-c2nc(C(=O)Cc3cnccc3[C@H]3C[C@@H](N)[C@H](C)[C@@H](C)C3)ccc2F)c(F)c1C. The topological polar surface area (TPSA) is 68.9 Å². The highest BCUT2D eigenvalue weighted by molar-refractivity contribution is 5.96. The second-order valence-electron chi connectivity index (χ2n) is 9.86. The summed E-state index contributed by atoms with van der Waals surface area (Å²) < 4.78 is 44.1. The third kappa shape index (κ3) is 4.87. The predicted octanol–water partition coefficient (Wildman–Crippen LogP) is 6.08. The first-order valence-corrected chi connectivity index (χ1v) is 11.9. The maximum atomic E-state index is 14.9. The van der Waals surface area contributed by atoms with Gasteiger partial charge in [0, 0.05) is 24.9 Å². The van der Waals surface area contributed by atoms with Crippen LogP contribution in [0.5, 0.6) is 0 Å². The molecule has 0 saturated heterocycles. The molecule has 0 radical (unpaired) electrons. The molecule has 1 aliphatic carbocycles. The number of carbonyl (C=O) groups excluding carboxylic acids is 1. The van der Waals surface area contributed by atoms with Crippen LogP contribution in [0, 0.1) is 43.1 Å². The van der Waals surface area contributed by atoms with Crippen molar-refractivity contribution in [2.45, 2.75) is 58.9 Å². The number of nitrogens with two attached hydrogens (primary N) is 1. The molecule has 0 amide bonds. The minimum Gasteiger partial charge on any atom is -0.327 e. The zero-order valence-electron chi connectivity index (χ0n) is 20.4. The molecule has 2 heterocycles. The molecule has 4 rings (SSSR count). The van der Waals surface area contributed by atoms with Crippen molar-refractivity contribution in [1.29, 1.82) is 0 Å². The fourth-order valence-electron chi connectivity index (χ4n) is 5.05. The first kappa shape index (κ1) is 25.0. The molecule has 1 fully saturated rings. The number of halogens is 3. The molecule has 0 unspecified atom stereocenters. The summed E-state index contributed by atoms with van der Waals surface area (Å²) in [5, 5.41) is 0. The van der Waals surface area contributed by atoms with E-state index in [9.17, 15) is 18.0 Å². The summed E-state index contributed by atoms with van der Waals surface area (Å²) in [5.74, 6) is -2.01. The van der Waals surface area contributed by atoms with Gasteiger partial charge in [-0.1, -0.05) is 13.8 Å². The maximum Gasteiger partial charge on any atom is 0.185 e. The van der Waals surface area contributed by atoms with Gasteiger partial charge >= 0.3 is 0 Å². The van der Waals surface area contributed by atoms with Gasteiger partial charge in [0.05, 0.1) is 5.56 Å². The molecule has 184 valence electrons. The van der Waals surface area contributed by atoms with Gasteiger partial charge in [0.1, 0.15) is 28.8 Å². The molecule has 4 atom stereocenters. The van der Waals surface area contributed by atoms with Crippen LogP contribution in [0.15, 0.2) is 36.7 Å². The van der Waals surface area contributed by atoms with Crippen molar-refractivity contribution in [3.8, 4) is 11.3 Å². The number of hydrogen-bond acceptors (Lipinski definition) is 4. The lowest BCUT2D eigenvalue weighted by Gasteiger charge is -2.37. The molecule has 2 N–H and O–H groups in total. The molecule has 0 spiro atoms. The van der Waals surface area contributed by atoms with Gasteiger partial charge in [0.2, 0.25) is 0 Å². The number of hydrogen-bond donors (Lipinski definition) is 1. The van der Waals surface area contributed by atoms with Crippen LogP contribution in [0.2, 0.25) is 0 Å². The minimum atomic E-state index is -0.923. The number of Topliss-reactive ketones (excluding diaryl/α,β-unsaturated/α-hetero) is 1. The highest BCUT2D eigenvalue weighted by Crippen LogP contribution is 2.40. The summed E-state index contributed by atoms with van der Waals surface area (Å²) in [4.78, 5) is 21.5. The summed E-state index contributed by atoms with van der Waals surface area (Å²) in [7, 11) is 0. The molecular formula is C28H30F3N3O. The molecular weight excluding hydrogens is 451 g/mol. The van der Waals surface area contributed by atoms with Crippen molar-refractivity contribution in [3.05, 3.63) is 82.1 Å². The number of nitrogens with zero attached hydrogens (tertiary/aromatic N) is 2. The van der Waals surface area contributed by atoms with Crippen molar-refractivity contribution in [1.82, 2.24) is 9.97 Å². The van der Waals surface area contributed by atoms with E-state index >= 15 is 0 Å². The molecule has 3 aromatic rings. The van der Waals surface area contributed by atoms with Gasteiger partial charge in [-0.05, 0) is 91.0 Å². The van der Waals surface area contributed by atoms with E-state index < -0.39 is 28.7 Å². The standard InChI is InChI=1S/C28H30F3N3O/c1-14-9-18(11-23(32)16(14)3)20-7-8-33-13-19(20)12-25(35)24-6-5-21(29)28(34-24)26-22(30)10-15(2)17(4)27(26)31/h5-8,10,13-14,16,18,23H,9,11-12,32H2,1-4H3/t14-,16+,18+,23+/m0/s1. The van der Waals surface area contributed by atoms with Gasteiger partial charge in [-0.2, -0.15) is 0 Å². The van der Waals surface area contributed by atoms with Crippen LogP contribution in [0.4, 0.5) is 13.2 Å². The van der Waals surface area contributed by atoms with E-state index in [1.54, 1.807) is 19.3 Å². The van der Waals surface area contributed by atoms with Crippen LogP contribution in [0.1, 0.15) is 65.3 Å². The summed E-state index contributed by atoms with van der Waals surface area (Å²) in [6.07, 6.45) is 5.14. The van der Waals surface area contributed by atoms with E-state index in [0.717, 1.165) is 36.1 Å². The van der Waals surface area contributed by atoms with Crippen molar-refractivity contribution < 1.29 is 18.0 Å².